The first kappa shape index (κ1) is 22.5. The molecule has 0 bridgehead atoms. The number of hydrogen-bond acceptors (Lipinski definition) is 8. The van der Waals surface area contributed by atoms with Gasteiger partial charge in [-0.25, -0.2) is 0 Å². The number of hydrogen-bond donors (Lipinski definition) is 1. The summed E-state index contributed by atoms with van der Waals surface area (Å²) in [6, 6.07) is 11.3. The minimum atomic E-state index is 0. The molecular weight excluding hydrogens is 450 g/mol. The molecule has 0 atom stereocenters. The standard InChI is InChI=1S/C23H23N3O4S.ClH/c27-25-19-13-22(20-14-23-16(15-24-20)4-11-31-23)30-21-3-2-17(12-18(19)21)29-10-7-26-5-1-8-28-9-6-26;/h2-4,11-15,27H,1,5-10H2;1H. The van der Waals surface area contributed by atoms with Gasteiger partial charge in [0.1, 0.15) is 29.0 Å². The zero-order chi connectivity index (χ0) is 21.0. The van der Waals surface area contributed by atoms with E-state index in [2.05, 4.69) is 15.0 Å². The van der Waals surface area contributed by atoms with Crippen molar-refractivity contribution in [2.75, 3.05) is 39.5 Å². The van der Waals surface area contributed by atoms with Crippen molar-refractivity contribution in [3.8, 4) is 17.2 Å². The maximum absolute atomic E-state index is 9.62. The van der Waals surface area contributed by atoms with Crippen molar-refractivity contribution in [2.24, 2.45) is 5.16 Å². The maximum Gasteiger partial charge on any atom is 0.155 e. The van der Waals surface area contributed by atoms with Gasteiger partial charge < -0.3 is 19.1 Å². The van der Waals surface area contributed by atoms with Crippen LogP contribution in [-0.2, 0) is 4.74 Å². The normalized spacial score (nSPS) is 15.6. The van der Waals surface area contributed by atoms with Crippen LogP contribution in [0.15, 0.2) is 57.5 Å². The summed E-state index contributed by atoms with van der Waals surface area (Å²) in [5.74, 6) is 1.26. The molecule has 1 fully saturated rings. The lowest BCUT2D eigenvalue weighted by Crippen LogP contribution is -2.30. The smallest absolute Gasteiger partial charge is 0.155 e. The third kappa shape index (κ3) is 4.88. The van der Waals surface area contributed by atoms with Crippen LogP contribution in [0.2, 0.25) is 0 Å². The summed E-state index contributed by atoms with van der Waals surface area (Å²) in [7, 11) is 0. The molecule has 0 radical (unpaired) electrons. The Kier molecular flexibility index (Phi) is 7.26. The molecule has 168 valence electrons. The highest BCUT2D eigenvalue weighted by Gasteiger charge is 2.11. The van der Waals surface area contributed by atoms with E-state index in [9.17, 15) is 5.21 Å². The monoisotopic (exact) mass is 473 g/mol. The SMILES string of the molecule is Cl.ON=c1cc(-c2cc3sccc3cn2)oc2ccc(OCCN3CCCOCC3)cc12. The Hall–Kier alpha value is -2.65. The van der Waals surface area contributed by atoms with Crippen LogP contribution in [0.25, 0.3) is 32.5 Å². The maximum atomic E-state index is 9.62. The summed E-state index contributed by atoms with van der Waals surface area (Å²) in [5, 5.41) is 17.3. The molecule has 0 amide bonds. The molecule has 1 aliphatic heterocycles. The van der Waals surface area contributed by atoms with Gasteiger partial charge in [0.25, 0.3) is 0 Å². The summed E-state index contributed by atoms with van der Waals surface area (Å²) in [5.41, 5.74) is 1.30. The zero-order valence-electron chi connectivity index (χ0n) is 17.4. The number of rotatable bonds is 5. The number of fused-ring (bicyclic) bond motifs is 2. The second kappa shape index (κ2) is 10.3. The minimum Gasteiger partial charge on any atom is -0.492 e. The van der Waals surface area contributed by atoms with Crippen molar-refractivity contribution in [1.82, 2.24) is 9.88 Å². The highest BCUT2D eigenvalue weighted by Crippen LogP contribution is 2.27. The Labute approximate surface area is 195 Å². The highest BCUT2D eigenvalue weighted by molar-refractivity contribution is 7.17. The molecule has 1 saturated heterocycles. The average molecular weight is 474 g/mol. The van der Waals surface area contributed by atoms with Crippen LogP contribution in [0.1, 0.15) is 6.42 Å². The summed E-state index contributed by atoms with van der Waals surface area (Å²) >= 11 is 1.65. The Morgan fingerprint density at radius 1 is 1.16 bits per heavy atom. The number of ether oxygens (including phenoxy) is 2. The third-order valence-electron chi connectivity index (χ3n) is 5.40. The fourth-order valence-corrected chi connectivity index (χ4v) is 4.55. The van der Waals surface area contributed by atoms with Crippen molar-refractivity contribution >= 4 is 44.8 Å². The lowest BCUT2D eigenvalue weighted by atomic mass is 10.1. The van der Waals surface area contributed by atoms with E-state index in [1.54, 1.807) is 17.4 Å². The molecule has 1 aromatic carbocycles. The van der Waals surface area contributed by atoms with Gasteiger partial charge in [-0.05, 0) is 42.1 Å². The van der Waals surface area contributed by atoms with Crippen LogP contribution in [-0.4, -0.2) is 54.5 Å². The molecule has 1 N–H and O–H groups in total. The lowest BCUT2D eigenvalue weighted by Gasteiger charge is -2.19. The summed E-state index contributed by atoms with van der Waals surface area (Å²) in [6.45, 7) is 4.99. The minimum absolute atomic E-state index is 0. The second-order valence-electron chi connectivity index (χ2n) is 7.44. The quantitative estimate of drug-likeness (QED) is 0.339. The first-order chi connectivity index (χ1) is 15.3. The molecule has 5 rings (SSSR count). The number of nitrogens with zero attached hydrogens (tertiary/aromatic N) is 3. The fraction of sp³-hybridized carbons (Fsp3) is 0.304. The van der Waals surface area contributed by atoms with Gasteiger partial charge in [-0.15, -0.1) is 23.7 Å². The number of aromatic nitrogens is 1. The Balaban J connectivity index is 0.00000245. The summed E-state index contributed by atoms with van der Waals surface area (Å²) in [4.78, 5) is 6.84. The van der Waals surface area contributed by atoms with Crippen molar-refractivity contribution in [3.63, 3.8) is 0 Å². The van der Waals surface area contributed by atoms with E-state index in [0.717, 1.165) is 49.4 Å². The number of pyridine rings is 1. The van der Waals surface area contributed by atoms with Gasteiger partial charge in [-0.3, -0.25) is 9.88 Å². The van der Waals surface area contributed by atoms with E-state index in [0.29, 0.717) is 40.1 Å². The molecule has 0 aliphatic carbocycles. The van der Waals surface area contributed by atoms with Crippen molar-refractivity contribution < 1.29 is 19.1 Å². The van der Waals surface area contributed by atoms with Crippen LogP contribution >= 0.6 is 23.7 Å². The molecule has 1 aliphatic rings. The molecule has 7 nitrogen and oxygen atoms in total. The molecule has 4 aromatic rings. The molecule has 0 unspecified atom stereocenters. The second-order valence-corrected chi connectivity index (χ2v) is 8.39. The van der Waals surface area contributed by atoms with E-state index >= 15 is 0 Å². The first-order valence-corrected chi connectivity index (χ1v) is 11.2. The van der Waals surface area contributed by atoms with Gasteiger partial charge in [-0.1, -0.05) is 5.16 Å². The number of benzene rings is 1. The third-order valence-corrected chi connectivity index (χ3v) is 6.28. The van der Waals surface area contributed by atoms with E-state index in [4.69, 9.17) is 13.9 Å². The molecule has 9 heteroatoms. The molecule has 0 saturated carbocycles. The van der Waals surface area contributed by atoms with E-state index in [-0.39, 0.29) is 12.4 Å². The van der Waals surface area contributed by atoms with Crippen LogP contribution in [0.5, 0.6) is 5.75 Å². The number of thiophene rings is 1. The zero-order valence-corrected chi connectivity index (χ0v) is 19.0. The Bertz CT molecular complexity index is 1270. The van der Waals surface area contributed by atoms with Gasteiger partial charge in [0.05, 0.1) is 12.0 Å². The van der Waals surface area contributed by atoms with E-state index < -0.39 is 0 Å². The van der Waals surface area contributed by atoms with Crippen molar-refractivity contribution in [1.29, 1.82) is 0 Å². The molecule has 3 aromatic heterocycles. The van der Waals surface area contributed by atoms with E-state index in [1.165, 1.54) is 0 Å². The van der Waals surface area contributed by atoms with Gasteiger partial charge in [0.15, 0.2) is 5.76 Å². The molecule has 4 heterocycles. The fourth-order valence-electron chi connectivity index (χ4n) is 3.75. The average Bonchev–Trinajstić information content (AvgIpc) is 3.12. The highest BCUT2D eigenvalue weighted by atomic mass is 35.5. The van der Waals surface area contributed by atoms with E-state index in [1.807, 2.05) is 41.9 Å². The predicted octanol–water partition coefficient (Wildman–Crippen LogP) is 4.52. The van der Waals surface area contributed by atoms with Crippen LogP contribution < -0.4 is 10.1 Å². The van der Waals surface area contributed by atoms with Crippen LogP contribution in [0, 0.1) is 0 Å². The topological polar surface area (TPSA) is 80.3 Å². The largest absolute Gasteiger partial charge is 0.492 e. The molecule has 32 heavy (non-hydrogen) atoms. The first-order valence-electron chi connectivity index (χ1n) is 10.3. The van der Waals surface area contributed by atoms with Gasteiger partial charge >= 0.3 is 0 Å². The molecule has 0 spiro atoms. The molecular formula is C23H24ClN3O4S. The number of halogens is 1. The van der Waals surface area contributed by atoms with Crippen LogP contribution in [0.3, 0.4) is 0 Å². The van der Waals surface area contributed by atoms with Crippen LogP contribution in [0.4, 0.5) is 0 Å². The Morgan fingerprint density at radius 3 is 3.00 bits per heavy atom. The van der Waals surface area contributed by atoms with Gasteiger partial charge in [0.2, 0.25) is 0 Å². The lowest BCUT2D eigenvalue weighted by molar-refractivity contribution is 0.137. The van der Waals surface area contributed by atoms with Crippen molar-refractivity contribution in [2.45, 2.75) is 6.42 Å². The van der Waals surface area contributed by atoms with Gasteiger partial charge in [0, 0.05) is 48.6 Å². The summed E-state index contributed by atoms with van der Waals surface area (Å²) < 4.78 is 18.6. The summed E-state index contributed by atoms with van der Waals surface area (Å²) in [6.07, 6.45) is 2.87. The van der Waals surface area contributed by atoms with Crippen molar-refractivity contribution in [3.05, 3.63) is 53.3 Å². The predicted molar refractivity (Wildman–Crippen MR) is 127 cm³/mol. The Morgan fingerprint density at radius 2 is 2.09 bits per heavy atom. The van der Waals surface area contributed by atoms with Gasteiger partial charge in [-0.2, -0.15) is 0 Å².